The Morgan fingerprint density at radius 1 is 1.43 bits per heavy atom. The molecule has 1 radical (unpaired) electrons. The molecule has 0 bridgehead atoms. The molecule has 0 saturated carbocycles. The van der Waals surface area contributed by atoms with Crippen molar-refractivity contribution < 1.29 is 9.53 Å². The lowest BCUT2D eigenvalue weighted by atomic mass is 10.2. The summed E-state index contributed by atoms with van der Waals surface area (Å²) in [5.74, 6) is 0. The first kappa shape index (κ1) is 11.1. The van der Waals surface area contributed by atoms with Gasteiger partial charge in [0.2, 0.25) is 0 Å². The maximum Gasteiger partial charge on any atom is 0.417 e. The molecule has 1 rings (SSSR count). The van der Waals surface area contributed by atoms with E-state index in [1.165, 1.54) is 6.47 Å². The third-order valence-electron chi connectivity index (χ3n) is 1.50. The molecule has 0 aliphatic heterocycles. The van der Waals surface area contributed by atoms with Crippen molar-refractivity contribution in [3.05, 3.63) is 39.9 Å². The summed E-state index contributed by atoms with van der Waals surface area (Å²) < 4.78 is 4.36. The molecule has 0 atom stereocenters. The highest BCUT2D eigenvalue weighted by molar-refractivity contribution is 6.35. The van der Waals surface area contributed by atoms with E-state index < -0.39 is 0 Å². The zero-order valence-corrected chi connectivity index (χ0v) is 8.68. The number of rotatable bonds is 4. The van der Waals surface area contributed by atoms with Crippen LogP contribution in [0.5, 0.6) is 0 Å². The normalized spacial score (nSPS) is 10.4. The predicted octanol–water partition coefficient (Wildman–Crippen LogP) is 3.09. The van der Waals surface area contributed by atoms with Crippen molar-refractivity contribution in [2.75, 3.05) is 6.61 Å². The Hall–Kier alpha value is -0.990. The minimum Gasteiger partial charge on any atom is -0.453 e. The van der Waals surface area contributed by atoms with Crippen LogP contribution in [0.2, 0.25) is 10.0 Å². The Morgan fingerprint density at radius 3 is 2.86 bits per heavy atom. The lowest BCUT2D eigenvalue weighted by Crippen LogP contribution is -1.85. The van der Waals surface area contributed by atoms with E-state index >= 15 is 0 Å². The summed E-state index contributed by atoms with van der Waals surface area (Å²) >= 11 is 11.6. The Bertz CT molecular complexity index is 348. The van der Waals surface area contributed by atoms with Crippen molar-refractivity contribution in [1.82, 2.24) is 0 Å². The molecule has 2 nitrogen and oxygen atoms in total. The molecule has 0 unspecified atom stereocenters. The lowest BCUT2D eigenvalue weighted by molar-refractivity contribution is 0.314. The summed E-state index contributed by atoms with van der Waals surface area (Å²) in [5, 5.41) is 1.15. The van der Waals surface area contributed by atoms with Crippen LogP contribution in [0.1, 0.15) is 5.56 Å². The Balaban J connectivity index is 2.67. The molecule has 0 aromatic heterocycles. The average molecular weight is 230 g/mol. The van der Waals surface area contributed by atoms with Gasteiger partial charge in [0.25, 0.3) is 0 Å². The Morgan fingerprint density at radius 2 is 2.21 bits per heavy atom. The highest BCUT2D eigenvalue weighted by atomic mass is 35.5. The number of hydrogen-bond donors (Lipinski definition) is 0. The number of halogens is 2. The van der Waals surface area contributed by atoms with Crippen LogP contribution in [0.25, 0.3) is 6.08 Å². The third-order valence-corrected chi connectivity index (χ3v) is 2.06. The summed E-state index contributed by atoms with van der Waals surface area (Å²) in [6.45, 7) is 1.51. The zero-order chi connectivity index (χ0) is 10.4. The summed E-state index contributed by atoms with van der Waals surface area (Å²) in [5.41, 5.74) is 0.825. The minimum absolute atomic E-state index is 0.183. The van der Waals surface area contributed by atoms with E-state index in [0.29, 0.717) is 10.0 Å². The van der Waals surface area contributed by atoms with Gasteiger partial charge >= 0.3 is 6.47 Å². The quantitative estimate of drug-likeness (QED) is 0.743. The zero-order valence-electron chi connectivity index (χ0n) is 7.17. The van der Waals surface area contributed by atoms with Crippen molar-refractivity contribution in [1.29, 1.82) is 0 Å². The van der Waals surface area contributed by atoms with E-state index in [0.717, 1.165) is 5.56 Å². The van der Waals surface area contributed by atoms with Crippen LogP contribution in [0, 0.1) is 0 Å². The van der Waals surface area contributed by atoms with Gasteiger partial charge in [-0.3, -0.25) is 0 Å². The van der Waals surface area contributed by atoms with Gasteiger partial charge in [0, 0.05) is 10.0 Å². The molecule has 0 heterocycles. The Labute approximate surface area is 92.1 Å². The van der Waals surface area contributed by atoms with E-state index in [9.17, 15) is 4.79 Å². The SMILES string of the molecule is O=[C]OCC=Cc1ccc(Cl)cc1Cl. The lowest BCUT2D eigenvalue weighted by Gasteiger charge is -1.98. The maximum absolute atomic E-state index is 9.70. The Kier molecular flexibility index (Phi) is 4.50. The topological polar surface area (TPSA) is 26.3 Å². The van der Waals surface area contributed by atoms with Crippen molar-refractivity contribution >= 4 is 35.8 Å². The van der Waals surface area contributed by atoms with Gasteiger partial charge < -0.3 is 4.74 Å². The summed E-state index contributed by atoms with van der Waals surface area (Å²) in [7, 11) is 0. The summed E-state index contributed by atoms with van der Waals surface area (Å²) in [6.07, 6.45) is 3.41. The highest BCUT2D eigenvalue weighted by Gasteiger charge is 1.96. The van der Waals surface area contributed by atoms with Gasteiger partial charge in [0.05, 0.1) is 0 Å². The van der Waals surface area contributed by atoms with Gasteiger partial charge in [0.1, 0.15) is 6.61 Å². The summed E-state index contributed by atoms with van der Waals surface area (Å²) in [6, 6.07) is 5.17. The van der Waals surface area contributed by atoms with E-state index in [2.05, 4.69) is 4.74 Å². The van der Waals surface area contributed by atoms with Crippen molar-refractivity contribution in [3.8, 4) is 0 Å². The van der Waals surface area contributed by atoms with E-state index in [4.69, 9.17) is 23.2 Å². The van der Waals surface area contributed by atoms with Crippen LogP contribution in [0.15, 0.2) is 24.3 Å². The second-order valence-electron chi connectivity index (χ2n) is 2.46. The van der Waals surface area contributed by atoms with Gasteiger partial charge in [-0.25, -0.2) is 4.79 Å². The fourth-order valence-electron chi connectivity index (χ4n) is 0.894. The molecule has 4 heteroatoms. The van der Waals surface area contributed by atoms with Crippen LogP contribution in [0.3, 0.4) is 0 Å². The number of hydrogen-bond acceptors (Lipinski definition) is 2. The number of ether oxygens (including phenoxy) is 1. The van der Waals surface area contributed by atoms with Crippen molar-refractivity contribution in [2.45, 2.75) is 0 Å². The first-order valence-electron chi connectivity index (χ1n) is 3.84. The van der Waals surface area contributed by atoms with Crippen LogP contribution >= 0.6 is 23.2 Å². The molecule has 0 aliphatic carbocycles. The van der Waals surface area contributed by atoms with Crippen molar-refractivity contribution in [3.63, 3.8) is 0 Å². The fraction of sp³-hybridized carbons (Fsp3) is 0.100. The van der Waals surface area contributed by atoms with Gasteiger partial charge in [-0.05, 0) is 23.8 Å². The average Bonchev–Trinajstić information content (AvgIpc) is 2.15. The van der Waals surface area contributed by atoms with Crippen LogP contribution < -0.4 is 0 Å². The van der Waals surface area contributed by atoms with Gasteiger partial charge in [-0.15, -0.1) is 0 Å². The first-order chi connectivity index (χ1) is 6.74. The molecule has 73 valence electrons. The second-order valence-corrected chi connectivity index (χ2v) is 3.31. The molecule has 1 aromatic rings. The standard InChI is InChI=1S/C10H7Cl2O2/c11-9-4-3-8(10(12)6-9)2-1-5-14-7-13/h1-4,6H,5H2. The van der Waals surface area contributed by atoms with Crippen molar-refractivity contribution in [2.24, 2.45) is 0 Å². The molecule has 0 amide bonds. The molecular weight excluding hydrogens is 223 g/mol. The first-order valence-corrected chi connectivity index (χ1v) is 4.60. The smallest absolute Gasteiger partial charge is 0.417 e. The molecule has 0 spiro atoms. The number of carbonyl (C=O) groups excluding carboxylic acids is 1. The molecule has 0 N–H and O–H groups in total. The van der Waals surface area contributed by atoms with E-state index in [-0.39, 0.29) is 6.61 Å². The molecule has 14 heavy (non-hydrogen) atoms. The molecule has 1 aromatic carbocycles. The van der Waals surface area contributed by atoms with Gasteiger partial charge in [-0.1, -0.05) is 35.3 Å². The molecule has 0 saturated heterocycles. The monoisotopic (exact) mass is 229 g/mol. The van der Waals surface area contributed by atoms with Crippen LogP contribution in [0.4, 0.5) is 0 Å². The third kappa shape index (κ3) is 3.40. The maximum atomic E-state index is 9.70. The van der Waals surface area contributed by atoms with Gasteiger partial charge in [-0.2, -0.15) is 0 Å². The summed E-state index contributed by atoms with van der Waals surface area (Å²) in [4.78, 5) is 9.70. The highest BCUT2D eigenvalue weighted by Crippen LogP contribution is 2.21. The van der Waals surface area contributed by atoms with Gasteiger partial charge in [0.15, 0.2) is 0 Å². The number of benzene rings is 1. The molecule has 0 fully saturated rings. The minimum atomic E-state index is 0.183. The fourth-order valence-corrected chi connectivity index (χ4v) is 1.37. The molecule has 0 aliphatic rings. The van der Waals surface area contributed by atoms with Crippen LogP contribution in [-0.4, -0.2) is 13.1 Å². The van der Waals surface area contributed by atoms with E-state index in [1.807, 2.05) is 0 Å². The largest absolute Gasteiger partial charge is 0.453 e. The second kappa shape index (κ2) is 5.68. The van der Waals surface area contributed by atoms with E-state index in [1.54, 1.807) is 30.4 Å². The predicted molar refractivity (Wildman–Crippen MR) is 57.1 cm³/mol. The molecular formula is C10H7Cl2O2. The van der Waals surface area contributed by atoms with Crippen LogP contribution in [-0.2, 0) is 9.53 Å².